The molecule has 1 saturated heterocycles. The summed E-state index contributed by atoms with van der Waals surface area (Å²) < 4.78 is 4.66. The van der Waals surface area contributed by atoms with Crippen LogP contribution in [0.15, 0.2) is 23.1 Å². The van der Waals surface area contributed by atoms with Crippen LogP contribution in [0, 0.1) is 0 Å². The van der Waals surface area contributed by atoms with Gasteiger partial charge in [0.25, 0.3) is 11.5 Å². The number of ether oxygens (including phenoxy) is 1. The van der Waals surface area contributed by atoms with Crippen molar-refractivity contribution < 1.29 is 14.3 Å². The van der Waals surface area contributed by atoms with Crippen molar-refractivity contribution in [2.75, 3.05) is 13.7 Å². The first-order valence-electron chi connectivity index (χ1n) is 5.71. The van der Waals surface area contributed by atoms with E-state index < -0.39 is 23.5 Å². The van der Waals surface area contributed by atoms with Crippen molar-refractivity contribution in [3.8, 4) is 0 Å². The fourth-order valence-electron chi connectivity index (χ4n) is 2.14. The smallest absolute Gasteiger partial charge is 0.328 e. The number of pyridine rings is 1. The summed E-state index contributed by atoms with van der Waals surface area (Å²) >= 11 is 0. The van der Waals surface area contributed by atoms with Crippen molar-refractivity contribution in [2.45, 2.75) is 18.9 Å². The molecule has 1 aliphatic heterocycles. The average molecular weight is 250 g/mol. The fraction of sp³-hybridized carbons (Fsp3) is 0.417. The fourth-order valence-corrected chi connectivity index (χ4v) is 2.14. The van der Waals surface area contributed by atoms with E-state index in [2.05, 4.69) is 9.72 Å². The Hall–Kier alpha value is -2.11. The molecule has 0 aliphatic carbocycles. The maximum Gasteiger partial charge on any atom is 0.328 e. The van der Waals surface area contributed by atoms with Crippen molar-refractivity contribution in [2.24, 2.45) is 0 Å². The molecule has 0 spiro atoms. The number of carbonyl (C=O) groups is 2. The van der Waals surface area contributed by atoms with Crippen LogP contribution in [0.1, 0.15) is 23.2 Å². The SMILES string of the molecule is COC(=O)C1CCCN1C(=O)c1ccc[nH]c1=O. The molecule has 6 nitrogen and oxygen atoms in total. The Morgan fingerprint density at radius 3 is 2.94 bits per heavy atom. The number of esters is 1. The Morgan fingerprint density at radius 1 is 1.50 bits per heavy atom. The largest absolute Gasteiger partial charge is 0.467 e. The summed E-state index contributed by atoms with van der Waals surface area (Å²) in [5, 5.41) is 0. The number of nitrogens with one attached hydrogen (secondary N) is 1. The quantitative estimate of drug-likeness (QED) is 0.758. The van der Waals surface area contributed by atoms with Crippen LogP contribution < -0.4 is 5.56 Å². The summed E-state index contributed by atoms with van der Waals surface area (Å²) in [6.45, 7) is 0.465. The second-order valence-electron chi connectivity index (χ2n) is 4.09. The molecular formula is C12H14N2O4. The van der Waals surface area contributed by atoms with E-state index in [4.69, 9.17) is 0 Å². The average Bonchev–Trinajstić information content (AvgIpc) is 2.86. The van der Waals surface area contributed by atoms with Crippen molar-refractivity contribution in [3.63, 3.8) is 0 Å². The molecule has 1 aromatic heterocycles. The molecule has 1 aromatic rings. The summed E-state index contributed by atoms with van der Waals surface area (Å²) in [4.78, 5) is 39.1. The molecule has 0 bridgehead atoms. The monoisotopic (exact) mass is 250 g/mol. The van der Waals surface area contributed by atoms with Gasteiger partial charge in [-0.25, -0.2) is 4.79 Å². The molecule has 0 saturated carbocycles. The van der Waals surface area contributed by atoms with Crippen LogP contribution in [0.5, 0.6) is 0 Å². The lowest BCUT2D eigenvalue weighted by atomic mass is 10.2. The molecule has 18 heavy (non-hydrogen) atoms. The Kier molecular flexibility index (Phi) is 3.45. The zero-order valence-corrected chi connectivity index (χ0v) is 10.0. The van der Waals surface area contributed by atoms with Gasteiger partial charge < -0.3 is 14.6 Å². The summed E-state index contributed by atoms with van der Waals surface area (Å²) in [7, 11) is 1.29. The van der Waals surface area contributed by atoms with E-state index in [0.29, 0.717) is 13.0 Å². The highest BCUT2D eigenvalue weighted by Crippen LogP contribution is 2.20. The van der Waals surface area contributed by atoms with Gasteiger partial charge in [0.1, 0.15) is 11.6 Å². The molecule has 0 aromatic carbocycles. The van der Waals surface area contributed by atoms with Gasteiger partial charge in [-0.3, -0.25) is 9.59 Å². The molecule has 1 aliphatic rings. The lowest BCUT2D eigenvalue weighted by molar-refractivity contribution is -0.145. The number of aromatic nitrogens is 1. The minimum absolute atomic E-state index is 0.0494. The zero-order valence-electron chi connectivity index (χ0n) is 10.0. The second-order valence-corrected chi connectivity index (χ2v) is 4.09. The highest BCUT2D eigenvalue weighted by atomic mass is 16.5. The molecule has 1 atom stereocenters. The zero-order chi connectivity index (χ0) is 13.1. The predicted octanol–water partition coefficient (Wildman–Crippen LogP) is 0.152. The van der Waals surface area contributed by atoms with Gasteiger partial charge in [0.15, 0.2) is 0 Å². The van der Waals surface area contributed by atoms with Crippen LogP contribution in [-0.4, -0.2) is 41.5 Å². The highest BCUT2D eigenvalue weighted by Gasteiger charge is 2.35. The number of likely N-dealkylation sites (tertiary alicyclic amines) is 1. The Morgan fingerprint density at radius 2 is 2.28 bits per heavy atom. The Bertz CT molecular complexity index is 523. The third-order valence-electron chi connectivity index (χ3n) is 3.04. The van der Waals surface area contributed by atoms with E-state index in [0.717, 1.165) is 6.42 Å². The lowest BCUT2D eigenvalue weighted by Crippen LogP contribution is -2.42. The van der Waals surface area contributed by atoms with Gasteiger partial charge >= 0.3 is 5.97 Å². The van der Waals surface area contributed by atoms with E-state index in [-0.39, 0.29) is 5.56 Å². The van der Waals surface area contributed by atoms with Gasteiger partial charge in [0.05, 0.1) is 7.11 Å². The third kappa shape index (κ3) is 2.13. The van der Waals surface area contributed by atoms with E-state index in [1.807, 2.05) is 0 Å². The summed E-state index contributed by atoms with van der Waals surface area (Å²) in [5.41, 5.74) is -0.397. The normalized spacial score (nSPS) is 18.7. The van der Waals surface area contributed by atoms with E-state index in [1.54, 1.807) is 6.07 Å². The van der Waals surface area contributed by atoms with Gasteiger partial charge in [-0.05, 0) is 25.0 Å². The van der Waals surface area contributed by atoms with E-state index in [9.17, 15) is 14.4 Å². The maximum absolute atomic E-state index is 12.2. The van der Waals surface area contributed by atoms with Crippen molar-refractivity contribution >= 4 is 11.9 Å². The van der Waals surface area contributed by atoms with Crippen LogP contribution in [0.4, 0.5) is 0 Å². The molecular weight excluding hydrogens is 236 g/mol. The Balaban J connectivity index is 2.26. The summed E-state index contributed by atoms with van der Waals surface area (Å²) in [6.07, 6.45) is 2.76. The van der Waals surface area contributed by atoms with Gasteiger partial charge in [-0.2, -0.15) is 0 Å². The minimum Gasteiger partial charge on any atom is -0.467 e. The second kappa shape index (κ2) is 5.03. The standard InChI is InChI=1S/C12H14N2O4/c1-18-12(17)9-5-3-7-14(9)11(16)8-4-2-6-13-10(8)15/h2,4,6,9H,3,5,7H2,1H3,(H,13,15). The van der Waals surface area contributed by atoms with Gasteiger partial charge in [-0.15, -0.1) is 0 Å². The van der Waals surface area contributed by atoms with Crippen LogP contribution >= 0.6 is 0 Å². The van der Waals surface area contributed by atoms with E-state index >= 15 is 0 Å². The molecule has 1 amide bonds. The predicted molar refractivity (Wildman–Crippen MR) is 63.1 cm³/mol. The summed E-state index contributed by atoms with van der Waals surface area (Å²) in [5.74, 6) is -0.863. The minimum atomic E-state index is -0.581. The number of methoxy groups -OCH3 is 1. The Labute approximate surface area is 104 Å². The molecule has 6 heteroatoms. The number of rotatable bonds is 2. The summed E-state index contributed by atoms with van der Waals surface area (Å²) in [6, 6.07) is 2.45. The van der Waals surface area contributed by atoms with Gasteiger partial charge in [-0.1, -0.05) is 0 Å². The first-order chi connectivity index (χ1) is 8.65. The molecule has 1 N–H and O–H groups in total. The van der Waals surface area contributed by atoms with E-state index in [1.165, 1.54) is 24.3 Å². The first kappa shape index (κ1) is 12.3. The van der Waals surface area contributed by atoms with Crippen LogP contribution in [-0.2, 0) is 9.53 Å². The molecule has 0 radical (unpaired) electrons. The third-order valence-corrected chi connectivity index (χ3v) is 3.04. The van der Waals surface area contributed by atoms with Gasteiger partial charge in [0.2, 0.25) is 0 Å². The van der Waals surface area contributed by atoms with Crippen LogP contribution in [0.2, 0.25) is 0 Å². The number of nitrogens with zero attached hydrogens (tertiary/aromatic N) is 1. The number of hydrogen-bond donors (Lipinski definition) is 1. The van der Waals surface area contributed by atoms with Crippen LogP contribution in [0.3, 0.4) is 0 Å². The number of aromatic amines is 1. The van der Waals surface area contributed by atoms with Crippen molar-refractivity contribution in [1.82, 2.24) is 9.88 Å². The molecule has 1 unspecified atom stereocenters. The van der Waals surface area contributed by atoms with Crippen molar-refractivity contribution in [3.05, 3.63) is 34.2 Å². The number of amides is 1. The van der Waals surface area contributed by atoms with Crippen molar-refractivity contribution in [1.29, 1.82) is 0 Å². The molecule has 1 fully saturated rings. The number of hydrogen-bond acceptors (Lipinski definition) is 4. The highest BCUT2D eigenvalue weighted by molar-refractivity contribution is 5.96. The van der Waals surface area contributed by atoms with Gasteiger partial charge in [0, 0.05) is 12.7 Å². The topological polar surface area (TPSA) is 79.5 Å². The maximum atomic E-state index is 12.2. The first-order valence-corrected chi connectivity index (χ1v) is 5.71. The number of carbonyl (C=O) groups excluding carboxylic acids is 2. The van der Waals surface area contributed by atoms with Crippen LogP contribution in [0.25, 0.3) is 0 Å². The number of H-pyrrole nitrogens is 1. The molecule has 96 valence electrons. The molecule has 2 heterocycles. The molecule has 2 rings (SSSR count). The lowest BCUT2D eigenvalue weighted by Gasteiger charge is -2.22.